The van der Waals surface area contributed by atoms with E-state index in [9.17, 15) is 4.79 Å². The fraction of sp³-hybridized carbons (Fsp3) is 0.385. The number of rotatable bonds is 2. The van der Waals surface area contributed by atoms with Gasteiger partial charge in [0.15, 0.2) is 0 Å². The van der Waals surface area contributed by atoms with Gasteiger partial charge >= 0.3 is 0 Å². The van der Waals surface area contributed by atoms with Crippen molar-refractivity contribution in [2.75, 3.05) is 26.2 Å². The molecule has 2 aliphatic heterocycles. The minimum atomic E-state index is 0.311. The summed E-state index contributed by atoms with van der Waals surface area (Å²) in [4.78, 5) is 19.9. The van der Waals surface area contributed by atoms with Crippen LogP contribution in [0.3, 0.4) is 0 Å². The molecule has 0 spiro atoms. The topological polar surface area (TPSA) is 45.2 Å². The first-order valence-corrected chi connectivity index (χ1v) is 13.5. The first-order valence-electron chi connectivity index (χ1n) is 11.5. The van der Waals surface area contributed by atoms with Gasteiger partial charge in [0.25, 0.3) is 0 Å². The first-order chi connectivity index (χ1) is 16.0. The maximum absolute atomic E-state index is 13.0. The van der Waals surface area contributed by atoms with E-state index in [1.165, 1.54) is 11.1 Å². The van der Waals surface area contributed by atoms with Gasteiger partial charge in [-0.15, -0.1) is 0 Å². The molecule has 0 atom stereocenters. The van der Waals surface area contributed by atoms with Gasteiger partial charge in [0, 0.05) is 45.8 Å². The number of piperidine rings is 2. The van der Waals surface area contributed by atoms with E-state index in [1.54, 1.807) is 0 Å². The van der Waals surface area contributed by atoms with E-state index < -0.39 is 0 Å². The first kappa shape index (κ1) is 23.3. The number of nitrogens with zero attached hydrogens (tertiary/aromatic N) is 2. The van der Waals surface area contributed by atoms with E-state index in [-0.39, 0.29) is 0 Å². The number of carbonyl (C=O) groups excluding carboxylic acids is 1. The van der Waals surface area contributed by atoms with Gasteiger partial charge in [-0.25, -0.2) is 0 Å². The molecule has 1 aliphatic carbocycles. The van der Waals surface area contributed by atoms with Gasteiger partial charge in [0.05, 0.1) is 10.7 Å². The summed E-state index contributed by atoms with van der Waals surface area (Å²) in [5.74, 6) is 0.834. The van der Waals surface area contributed by atoms with Crippen molar-refractivity contribution in [1.29, 1.82) is 0 Å². The lowest BCUT2D eigenvalue weighted by Gasteiger charge is -2.32. The van der Waals surface area contributed by atoms with Crippen molar-refractivity contribution in [2.24, 2.45) is 5.92 Å². The molecule has 2 aromatic rings. The Morgan fingerprint density at radius 1 is 1.15 bits per heavy atom. The highest BCUT2D eigenvalue weighted by Gasteiger charge is 2.27. The van der Waals surface area contributed by atoms with Crippen molar-refractivity contribution in [3.05, 3.63) is 66.3 Å². The number of nitrogens with one attached hydrogen (secondary N) is 1. The standard InChI is InChI=1S/C26H26Br2ClN3O/c27-19-14-18-1-2-21-20(3-4-22(29)25(21)28)24(26(18)31-15-19)17-7-11-32(12-8-17)23(33)13-16-5-9-30-10-6-16/h1-4,14-16,30H,5-13H2. The van der Waals surface area contributed by atoms with Crippen LogP contribution in [0.25, 0.3) is 17.7 Å². The number of halogens is 3. The minimum Gasteiger partial charge on any atom is -0.342 e. The van der Waals surface area contributed by atoms with Gasteiger partial charge in [-0.1, -0.05) is 35.4 Å². The van der Waals surface area contributed by atoms with Crippen LogP contribution in [0.2, 0.25) is 5.02 Å². The van der Waals surface area contributed by atoms with Crippen LogP contribution in [0.15, 0.2) is 38.9 Å². The number of aromatic nitrogens is 1. The average molecular weight is 592 g/mol. The molecule has 1 aromatic carbocycles. The van der Waals surface area contributed by atoms with Crippen molar-refractivity contribution in [3.63, 3.8) is 0 Å². The summed E-state index contributed by atoms with van der Waals surface area (Å²) in [6, 6.07) is 6.15. The molecule has 172 valence electrons. The van der Waals surface area contributed by atoms with Crippen LogP contribution >= 0.6 is 43.5 Å². The lowest BCUT2D eigenvalue weighted by Crippen LogP contribution is -2.39. The molecule has 7 heteroatoms. The summed E-state index contributed by atoms with van der Waals surface area (Å²) >= 11 is 13.7. The average Bonchev–Trinajstić information content (AvgIpc) is 2.99. The Morgan fingerprint density at radius 2 is 1.91 bits per heavy atom. The lowest BCUT2D eigenvalue weighted by molar-refractivity contribution is -0.132. The maximum Gasteiger partial charge on any atom is 0.222 e. The second-order valence-electron chi connectivity index (χ2n) is 9.00. The summed E-state index contributed by atoms with van der Waals surface area (Å²) < 4.78 is 1.86. The molecule has 2 fully saturated rings. The van der Waals surface area contributed by atoms with Gasteiger partial charge in [-0.3, -0.25) is 9.78 Å². The second-order valence-corrected chi connectivity index (χ2v) is 11.1. The van der Waals surface area contributed by atoms with Crippen molar-refractivity contribution in [2.45, 2.75) is 32.1 Å². The Hall–Kier alpha value is -1.47. The highest BCUT2D eigenvalue weighted by Crippen LogP contribution is 2.42. The summed E-state index contributed by atoms with van der Waals surface area (Å²) in [6.07, 6.45) is 10.7. The van der Waals surface area contributed by atoms with Gasteiger partial charge in [-0.2, -0.15) is 0 Å². The van der Waals surface area contributed by atoms with Crippen LogP contribution in [0.5, 0.6) is 0 Å². The number of fused-ring (bicyclic) bond motifs is 2. The number of carbonyl (C=O) groups is 1. The molecule has 0 saturated carbocycles. The summed E-state index contributed by atoms with van der Waals surface area (Å²) in [6.45, 7) is 3.60. The Kier molecular flexibility index (Phi) is 7.07. The fourth-order valence-corrected chi connectivity index (χ4v) is 6.13. The van der Waals surface area contributed by atoms with Gasteiger partial charge in [0.2, 0.25) is 5.91 Å². The predicted molar refractivity (Wildman–Crippen MR) is 142 cm³/mol. The van der Waals surface area contributed by atoms with Crippen molar-refractivity contribution < 1.29 is 4.79 Å². The molecule has 1 N–H and O–H groups in total. The normalized spacial score (nSPS) is 18.7. The minimum absolute atomic E-state index is 0.311. The maximum atomic E-state index is 13.0. The summed E-state index contributed by atoms with van der Waals surface area (Å²) in [5, 5.41) is 4.08. The molecule has 5 rings (SSSR count). The Balaban J connectivity index is 1.46. The number of pyridine rings is 1. The molecule has 33 heavy (non-hydrogen) atoms. The van der Waals surface area contributed by atoms with E-state index in [4.69, 9.17) is 16.6 Å². The summed E-state index contributed by atoms with van der Waals surface area (Å²) in [7, 11) is 0. The molecular weight excluding hydrogens is 566 g/mol. The van der Waals surface area contributed by atoms with Gasteiger partial charge < -0.3 is 10.2 Å². The molecule has 4 nitrogen and oxygen atoms in total. The number of benzene rings is 1. The van der Waals surface area contributed by atoms with Crippen LogP contribution in [0.1, 0.15) is 54.5 Å². The molecule has 2 saturated heterocycles. The molecule has 0 unspecified atom stereocenters. The van der Waals surface area contributed by atoms with E-state index in [0.717, 1.165) is 83.2 Å². The molecular formula is C26H26Br2ClN3O. The van der Waals surface area contributed by atoms with E-state index >= 15 is 0 Å². The SMILES string of the molecule is O=C(CC1CCNCC1)N1CCC(=C2c3ccc(Cl)c(Br)c3C=Cc3cc(Br)cnc32)CC1. The van der Waals surface area contributed by atoms with Crippen LogP contribution in [-0.4, -0.2) is 42.0 Å². The van der Waals surface area contributed by atoms with E-state index in [1.807, 2.05) is 12.3 Å². The Labute approximate surface area is 216 Å². The van der Waals surface area contributed by atoms with E-state index in [2.05, 4.69) is 66.4 Å². The van der Waals surface area contributed by atoms with Crippen LogP contribution in [0.4, 0.5) is 0 Å². The number of hydrogen-bond acceptors (Lipinski definition) is 3. The van der Waals surface area contributed by atoms with Crippen LogP contribution < -0.4 is 5.32 Å². The van der Waals surface area contributed by atoms with Crippen molar-refractivity contribution in [3.8, 4) is 0 Å². The van der Waals surface area contributed by atoms with Gasteiger partial charge in [-0.05, 0) is 99.8 Å². The third kappa shape index (κ3) is 4.86. The monoisotopic (exact) mass is 589 g/mol. The third-order valence-corrected chi connectivity index (χ3v) is 8.78. The van der Waals surface area contributed by atoms with E-state index in [0.29, 0.717) is 23.3 Å². The smallest absolute Gasteiger partial charge is 0.222 e. The van der Waals surface area contributed by atoms with Crippen LogP contribution in [0, 0.1) is 5.92 Å². The zero-order valence-corrected chi connectivity index (χ0v) is 22.3. The highest BCUT2D eigenvalue weighted by atomic mass is 79.9. The van der Waals surface area contributed by atoms with Gasteiger partial charge in [0.1, 0.15) is 0 Å². The molecule has 3 aliphatic rings. The largest absolute Gasteiger partial charge is 0.342 e. The fourth-order valence-electron chi connectivity index (χ4n) is 5.13. The zero-order chi connectivity index (χ0) is 22.9. The Morgan fingerprint density at radius 3 is 2.67 bits per heavy atom. The molecule has 0 bridgehead atoms. The summed E-state index contributed by atoms with van der Waals surface area (Å²) in [5.41, 5.74) is 6.82. The zero-order valence-electron chi connectivity index (χ0n) is 18.3. The molecule has 0 radical (unpaired) electrons. The molecule has 3 heterocycles. The number of hydrogen-bond donors (Lipinski definition) is 1. The second kappa shape index (κ2) is 10.0. The van der Waals surface area contributed by atoms with Crippen LogP contribution in [-0.2, 0) is 4.79 Å². The number of amides is 1. The van der Waals surface area contributed by atoms with Crippen molar-refractivity contribution in [1.82, 2.24) is 15.2 Å². The number of likely N-dealkylation sites (tertiary alicyclic amines) is 1. The quantitative estimate of drug-likeness (QED) is 0.367. The molecule has 1 aromatic heterocycles. The lowest BCUT2D eigenvalue weighted by atomic mass is 9.88. The Bertz CT molecular complexity index is 1140. The third-order valence-electron chi connectivity index (χ3n) is 6.95. The molecule has 1 amide bonds. The highest BCUT2D eigenvalue weighted by molar-refractivity contribution is 9.10. The predicted octanol–water partition coefficient (Wildman–Crippen LogP) is 6.56. The van der Waals surface area contributed by atoms with Crippen molar-refractivity contribution >= 4 is 67.1 Å².